The number of rotatable bonds is 7. The standard InChI is InChI=1S/C21H26N4O3S/c1-27-18(26)9-12-25-20(19(23-21(25)29)16-7-2-3-10-22-16)17-8-4-11-24(17)14-15-6-5-13-28-15/h2-4,7-8,10-11,15,19-20H,5-6,9,12-14H2,1H3,(H,23,29)/t15-,19-,20+/m1/s1. The summed E-state index contributed by atoms with van der Waals surface area (Å²) < 4.78 is 12.9. The maximum atomic E-state index is 11.8. The lowest BCUT2D eigenvalue weighted by Gasteiger charge is -2.29. The van der Waals surface area contributed by atoms with Crippen molar-refractivity contribution < 1.29 is 14.3 Å². The lowest BCUT2D eigenvalue weighted by Crippen LogP contribution is -2.33. The van der Waals surface area contributed by atoms with Crippen LogP contribution in [0.1, 0.15) is 42.7 Å². The quantitative estimate of drug-likeness (QED) is 0.552. The van der Waals surface area contributed by atoms with E-state index in [-0.39, 0.29) is 30.6 Å². The Morgan fingerprint density at radius 3 is 3.00 bits per heavy atom. The highest BCUT2D eigenvalue weighted by molar-refractivity contribution is 7.80. The zero-order valence-electron chi connectivity index (χ0n) is 16.5. The molecule has 2 aromatic heterocycles. The number of carbonyl (C=O) groups is 1. The third kappa shape index (κ3) is 4.28. The average Bonchev–Trinajstić information content (AvgIpc) is 3.48. The Balaban J connectivity index is 1.65. The number of ether oxygens (including phenoxy) is 2. The number of nitrogens with zero attached hydrogens (tertiary/aromatic N) is 3. The van der Waals surface area contributed by atoms with E-state index >= 15 is 0 Å². The van der Waals surface area contributed by atoms with Crippen molar-refractivity contribution >= 4 is 23.3 Å². The van der Waals surface area contributed by atoms with E-state index in [1.54, 1.807) is 6.20 Å². The van der Waals surface area contributed by atoms with Crippen LogP contribution in [0, 0.1) is 0 Å². The molecule has 4 heterocycles. The van der Waals surface area contributed by atoms with Crippen molar-refractivity contribution in [2.75, 3.05) is 20.3 Å². The van der Waals surface area contributed by atoms with Crippen molar-refractivity contribution in [3.63, 3.8) is 0 Å². The normalized spacial score (nSPS) is 24.0. The summed E-state index contributed by atoms with van der Waals surface area (Å²) in [7, 11) is 1.41. The highest BCUT2D eigenvalue weighted by atomic mass is 32.1. The summed E-state index contributed by atoms with van der Waals surface area (Å²) >= 11 is 5.64. The second-order valence-corrected chi connectivity index (χ2v) is 7.75. The molecule has 0 aromatic carbocycles. The number of methoxy groups -OCH3 is 1. The zero-order valence-corrected chi connectivity index (χ0v) is 17.3. The van der Waals surface area contributed by atoms with Crippen LogP contribution < -0.4 is 5.32 Å². The largest absolute Gasteiger partial charge is 0.469 e. The monoisotopic (exact) mass is 414 g/mol. The Hall–Kier alpha value is -2.45. The first-order valence-corrected chi connectivity index (χ1v) is 10.4. The number of hydrogen-bond donors (Lipinski definition) is 1. The number of pyridine rings is 1. The van der Waals surface area contributed by atoms with Gasteiger partial charge in [0.15, 0.2) is 5.11 Å². The number of carbonyl (C=O) groups excluding carboxylic acids is 1. The first-order chi connectivity index (χ1) is 14.2. The third-order valence-corrected chi connectivity index (χ3v) is 5.93. The Labute approximate surface area is 176 Å². The highest BCUT2D eigenvalue weighted by Crippen LogP contribution is 2.39. The summed E-state index contributed by atoms with van der Waals surface area (Å²) in [6, 6.07) is 9.89. The molecule has 0 radical (unpaired) electrons. The summed E-state index contributed by atoms with van der Waals surface area (Å²) in [6.07, 6.45) is 6.58. The summed E-state index contributed by atoms with van der Waals surface area (Å²) in [5.74, 6) is -0.248. The van der Waals surface area contributed by atoms with Gasteiger partial charge in [0.25, 0.3) is 0 Å². The van der Waals surface area contributed by atoms with Crippen molar-refractivity contribution in [1.82, 2.24) is 19.8 Å². The topological polar surface area (TPSA) is 68.6 Å². The molecule has 7 nitrogen and oxygen atoms in total. The second kappa shape index (κ2) is 8.92. The van der Waals surface area contributed by atoms with E-state index in [2.05, 4.69) is 38.1 Å². The third-order valence-electron chi connectivity index (χ3n) is 5.57. The van der Waals surface area contributed by atoms with Crippen molar-refractivity contribution in [1.29, 1.82) is 0 Å². The van der Waals surface area contributed by atoms with Gasteiger partial charge in [-0.15, -0.1) is 0 Å². The molecule has 0 amide bonds. The van der Waals surface area contributed by atoms with Crippen molar-refractivity contribution in [3.05, 3.63) is 54.1 Å². The number of nitrogens with one attached hydrogen (secondary N) is 1. The van der Waals surface area contributed by atoms with Gasteiger partial charge >= 0.3 is 5.97 Å². The number of thiocarbonyl (C=S) groups is 1. The molecule has 0 aliphatic carbocycles. The molecular weight excluding hydrogens is 388 g/mol. The molecular formula is C21H26N4O3S. The van der Waals surface area contributed by atoms with Gasteiger partial charge in [0.05, 0.1) is 37.4 Å². The van der Waals surface area contributed by atoms with Gasteiger partial charge in [0, 0.05) is 37.8 Å². The molecule has 1 N–H and O–H groups in total. The lowest BCUT2D eigenvalue weighted by molar-refractivity contribution is -0.140. The van der Waals surface area contributed by atoms with Crippen LogP contribution in [0.25, 0.3) is 0 Å². The van der Waals surface area contributed by atoms with E-state index in [9.17, 15) is 4.79 Å². The minimum Gasteiger partial charge on any atom is -0.469 e. The van der Waals surface area contributed by atoms with E-state index in [1.165, 1.54) is 7.11 Å². The summed E-state index contributed by atoms with van der Waals surface area (Å²) in [6.45, 7) is 2.13. The van der Waals surface area contributed by atoms with Crippen LogP contribution in [0.4, 0.5) is 0 Å². The van der Waals surface area contributed by atoms with Crippen LogP contribution in [-0.2, 0) is 20.8 Å². The van der Waals surface area contributed by atoms with E-state index < -0.39 is 0 Å². The van der Waals surface area contributed by atoms with E-state index in [0.717, 1.165) is 37.4 Å². The molecule has 0 spiro atoms. The number of esters is 1. The van der Waals surface area contributed by atoms with Crippen LogP contribution in [-0.4, -0.2) is 51.9 Å². The van der Waals surface area contributed by atoms with Crippen LogP contribution in [0.5, 0.6) is 0 Å². The minimum absolute atomic E-state index is 0.0709. The predicted molar refractivity (Wildman–Crippen MR) is 112 cm³/mol. The first kappa shape index (κ1) is 19.8. The van der Waals surface area contributed by atoms with Crippen molar-refractivity contribution in [2.45, 2.75) is 44.0 Å². The highest BCUT2D eigenvalue weighted by Gasteiger charge is 2.41. The smallest absolute Gasteiger partial charge is 0.307 e. The number of hydrogen-bond acceptors (Lipinski definition) is 5. The Bertz CT molecular complexity index is 851. The first-order valence-electron chi connectivity index (χ1n) is 9.99. The van der Waals surface area contributed by atoms with Gasteiger partial charge in [0.1, 0.15) is 0 Å². The molecule has 4 rings (SSSR count). The molecule has 0 saturated carbocycles. The molecule has 0 bridgehead atoms. The van der Waals surface area contributed by atoms with Gasteiger partial charge in [-0.3, -0.25) is 9.78 Å². The lowest BCUT2D eigenvalue weighted by atomic mass is 10.0. The van der Waals surface area contributed by atoms with Gasteiger partial charge in [-0.2, -0.15) is 0 Å². The average molecular weight is 415 g/mol. The molecule has 2 aliphatic heterocycles. The predicted octanol–water partition coefficient (Wildman–Crippen LogP) is 2.60. The zero-order chi connectivity index (χ0) is 20.2. The Morgan fingerprint density at radius 1 is 1.38 bits per heavy atom. The molecule has 154 valence electrons. The second-order valence-electron chi connectivity index (χ2n) is 7.37. The van der Waals surface area contributed by atoms with Gasteiger partial charge in [-0.1, -0.05) is 6.07 Å². The summed E-state index contributed by atoms with van der Waals surface area (Å²) in [5.41, 5.74) is 2.05. The van der Waals surface area contributed by atoms with Crippen LogP contribution in [0.15, 0.2) is 42.7 Å². The fourth-order valence-electron chi connectivity index (χ4n) is 4.15. The van der Waals surface area contributed by atoms with Crippen molar-refractivity contribution in [3.8, 4) is 0 Å². The molecule has 2 aromatic rings. The Morgan fingerprint density at radius 2 is 2.28 bits per heavy atom. The van der Waals surface area contributed by atoms with E-state index in [4.69, 9.17) is 21.7 Å². The molecule has 2 saturated heterocycles. The molecule has 0 unspecified atom stereocenters. The fourth-order valence-corrected chi connectivity index (χ4v) is 4.48. The maximum Gasteiger partial charge on any atom is 0.307 e. The molecule has 8 heteroatoms. The van der Waals surface area contributed by atoms with Gasteiger partial charge < -0.3 is 24.3 Å². The Kier molecular flexibility index (Phi) is 6.10. The van der Waals surface area contributed by atoms with Crippen LogP contribution in [0.3, 0.4) is 0 Å². The maximum absolute atomic E-state index is 11.8. The summed E-state index contributed by atoms with van der Waals surface area (Å²) in [5, 5.41) is 4.04. The number of aromatic nitrogens is 2. The van der Waals surface area contributed by atoms with Crippen molar-refractivity contribution in [2.24, 2.45) is 0 Å². The van der Waals surface area contributed by atoms with Gasteiger partial charge in [-0.05, 0) is 49.3 Å². The van der Waals surface area contributed by atoms with Crippen LogP contribution >= 0.6 is 12.2 Å². The van der Waals surface area contributed by atoms with Crippen LogP contribution in [0.2, 0.25) is 0 Å². The van der Waals surface area contributed by atoms with E-state index in [0.29, 0.717) is 11.7 Å². The molecule has 29 heavy (non-hydrogen) atoms. The van der Waals surface area contributed by atoms with Gasteiger partial charge in [0.2, 0.25) is 0 Å². The van der Waals surface area contributed by atoms with Gasteiger partial charge in [-0.25, -0.2) is 0 Å². The molecule has 2 aliphatic rings. The fraction of sp³-hybridized carbons (Fsp3) is 0.476. The summed E-state index contributed by atoms with van der Waals surface area (Å²) in [4.78, 5) is 18.4. The van der Waals surface area contributed by atoms with E-state index in [1.807, 2.05) is 18.2 Å². The SMILES string of the molecule is COC(=O)CCN1C(=S)N[C@H](c2ccccn2)[C@@H]1c1cccn1C[C@H]1CCCO1. The minimum atomic E-state index is -0.248. The molecule has 3 atom stereocenters. The molecule has 2 fully saturated rings.